The van der Waals surface area contributed by atoms with Crippen LogP contribution in [0.15, 0.2) is 0 Å². The van der Waals surface area contributed by atoms with Gasteiger partial charge in [0.05, 0.1) is 6.54 Å². The largest absolute Gasteiger partial charge is 0.465 e. The number of nitrogens with one attached hydrogen (secondary N) is 2. The highest BCUT2D eigenvalue weighted by Gasteiger charge is 2.20. The lowest BCUT2D eigenvalue weighted by atomic mass is 10.1. The number of carbonyl (C=O) groups is 2. The van der Waals surface area contributed by atoms with Crippen LogP contribution >= 0.6 is 0 Å². The van der Waals surface area contributed by atoms with Crippen LogP contribution in [-0.2, 0) is 4.79 Å². The van der Waals surface area contributed by atoms with Crippen LogP contribution in [0.5, 0.6) is 0 Å². The van der Waals surface area contributed by atoms with E-state index in [-0.39, 0.29) is 12.5 Å². The first-order valence-electron chi connectivity index (χ1n) is 5.53. The second-order valence-electron chi connectivity index (χ2n) is 4.07. The fourth-order valence-electron chi connectivity index (χ4n) is 1.94. The topological polar surface area (TPSA) is 81.7 Å². The van der Waals surface area contributed by atoms with E-state index in [1.54, 1.807) is 0 Å². The molecule has 16 heavy (non-hydrogen) atoms. The van der Waals surface area contributed by atoms with E-state index < -0.39 is 6.09 Å². The summed E-state index contributed by atoms with van der Waals surface area (Å²) in [6, 6.07) is 0.549. The molecule has 0 saturated carbocycles. The minimum atomic E-state index is -1.18. The van der Waals surface area contributed by atoms with Gasteiger partial charge in [-0.15, -0.1) is 0 Å². The van der Waals surface area contributed by atoms with Gasteiger partial charge in [0.2, 0.25) is 5.91 Å². The highest BCUT2D eigenvalue weighted by molar-refractivity contribution is 5.81. The number of carbonyl (C=O) groups excluding carboxylic acids is 1. The van der Waals surface area contributed by atoms with Gasteiger partial charge in [0.15, 0.2) is 0 Å². The van der Waals surface area contributed by atoms with E-state index in [1.165, 1.54) is 12.8 Å². The molecule has 1 fully saturated rings. The Morgan fingerprint density at radius 2 is 2.19 bits per heavy atom. The van der Waals surface area contributed by atoms with Gasteiger partial charge < -0.3 is 20.6 Å². The zero-order valence-electron chi connectivity index (χ0n) is 9.53. The van der Waals surface area contributed by atoms with Gasteiger partial charge in [0.25, 0.3) is 0 Å². The third-order valence-corrected chi connectivity index (χ3v) is 2.87. The van der Waals surface area contributed by atoms with Crippen molar-refractivity contribution < 1.29 is 14.7 Å². The second kappa shape index (κ2) is 6.32. The van der Waals surface area contributed by atoms with Crippen LogP contribution in [0.3, 0.4) is 0 Å². The van der Waals surface area contributed by atoms with Crippen molar-refractivity contribution in [2.45, 2.75) is 25.3 Å². The Bertz CT molecular complexity index is 258. The quantitative estimate of drug-likeness (QED) is 0.612. The van der Waals surface area contributed by atoms with Crippen molar-refractivity contribution in [3.63, 3.8) is 0 Å². The molecule has 1 unspecified atom stereocenters. The lowest BCUT2D eigenvalue weighted by molar-refractivity contribution is -0.120. The van der Waals surface area contributed by atoms with E-state index in [0.717, 1.165) is 13.0 Å². The van der Waals surface area contributed by atoms with Gasteiger partial charge in [-0.25, -0.2) is 4.79 Å². The highest BCUT2D eigenvalue weighted by Crippen LogP contribution is 2.16. The van der Waals surface area contributed by atoms with Crippen LogP contribution < -0.4 is 10.6 Å². The first-order valence-corrected chi connectivity index (χ1v) is 5.53. The molecule has 1 rings (SSSR count). The van der Waals surface area contributed by atoms with E-state index in [4.69, 9.17) is 5.11 Å². The summed E-state index contributed by atoms with van der Waals surface area (Å²) in [5.41, 5.74) is 0. The number of rotatable bonds is 5. The minimum absolute atomic E-state index is 0.171. The summed E-state index contributed by atoms with van der Waals surface area (Å²) in [4.78, 5) is 23.6. The van der Waals surface area contributed by atoms with Crippen LogP contribution in [0.4, 0.5) is 4.79 Å². The second-order valence-corrected chi connectivity index (χ2v) is 4.07. The van der Waals surface area contributed by atoms with Crippen molar-refractivity contribution in [2.75, 3.05) is 26.7 Å². The summed E-state index contributed by atoms with van der Waals surface area (Å²) < 4.78 is 0. The Balaban J connectivity index is 2.06. The van der Waals surface area contributed by atoms with E-state index >= 15 is 0 Å². The molecule has 92 valence electrons. The monoisotopic (exact) mass is 229 g/mol. The number of likely N-dealkylation sites (tertiary alicyclic amines) is 1. The van der Waals surface area contributed by atoms with Gasteiger partial charge in [-0.1, -0.05) is 0 Å². The molecule has 2 amide bonds. The molecule has 1 aliphatic rings. The number of hydrogen-bond donors (Lipinski definition) is 3. The predicted molar refractivity (Wildman–Crippen MR) is 59.3 cm³/mol. The molecule has 0 radical (unpaired) electrons. The Hall–Kier alpha value is -1.30. The van der Waals surface area contributed by atoms with Crippen LogP contribution in [-0.4, -0.2) is 54.7 Å². The van der Waals surface area contributed by atoms with E-state index in [9.17, 15) is 9.59 Å². The molecule has 6 heteroatoms. The number of carboxylic acid groups (broad SMARTS) is 1. The molecule has 1 saturated heterocycles. The molecule has 0 aliphatic carbocycles. The van der Waals surface area contributed by atoms with Gasteiger partial charge in [0.1, 0.15) is 0 Å². The fraction of sp³-hybridized carbons (Fsp3) is 0.800. The summed E-state index contributed by atoms with van der Waals surface area (Å²) in [5, 5.41) is 13.0. The van der Waals surface area contributed by atoms with Crippen molar-refractivity contribution in [3.05, 3.63) is 0 Å². The zero-order chi connectivity index (χ0) is 12.0. The Morgan fingerprint density at radius 1 is 1.44 bits per heavy atom. The molecule has 3 N–H and O–H groups in total. The van der Waals surface area contributed by atoms with Gasteiger partial charge in [-0.3, -0.25) is 4.79 Å². The van der Waals surface area contributed by atoms with Crippen LogP contribution in [0, 0.1) is 0 Å². The Kier molecular flexibility index (Phi) is 5.04. The van der Waals surface area contributed by atoms with Gasteiger partial charge in [0, 0.05) is 12.6 Å². The summed E-state index contributed by atoms with van der Waals surface area (Å²) in [6.45, 7) is 1.56. The summed E-state index contributed by atoms with van der Waals surface area (Å²) in [6.07, 6.45) is 2.15. The zero-order valence-corrected chi connectivity index (χ0v) is 9.53. The maximum Gasteiger partial charge on any atom is 0.405 e. The highest BCUT2D eigenvalue weighted by atomic mass is 16.4. The van der Waals surface area contributed by atoms with E-state index in [0.29, 0.717) is 12.6 Å². The van der Waals surface area contributed by atoms with E-state index in [2.05, 4.69) is 17.3 Å². The van der Waals surface area contributed by atoms with Gasteiger partial charge in [-0.2, -0.15) is 0 Å². The molecular formula is C10H19N3O3. The van der Waals surface area contributed by atoms with Gasteiger partial charge in [-0.05, 0) is 32.9 Å². The van der Waals surface area contributed by atoms with Gasteiger partial charge >= 0.3 is 6.09 Å². The molecule has 0 bridgehead atoms. The van der Waals surface area contributed by atoms with Crippen molar-refractivity contribution in [3.8, 4) is 0 Å². The van der Waals surface area contributed by atoms with Crippen molar-refractivity contribution in [1.82, 2.24) is 15.5 Å². The fourth-order valence-corrected chi connectivity index (χ4v) is 1.94. The third-order valence-electron chi connectivity index (χ3n) is 2.87. The molecule has 0 spiro atoms. The Morgan fingerprint density at radius 3 is 2.75 bits per heavy atom. The van der Waals surface area contributed by atoms with Crippen LogP contribution in [0.1, 0.15) is 19.3 Å². The molecule has 1 heterocycles. The Labute approximate surface area is 95.0 Å². The third kappa shape index (κ3) is 4.48. The lowest BCUT2D eigenvalue weighted by Gasteiger charge is -2.19. The van der Waals surface area contributed by atoms with Crippen molar-refractivity contribution >= 4 is 12.0 Å². The van der Waals surface area contributed by atoms with Crippen LogP contribution in [0.2, 0.25) is 0 Å². The van der Waals surface area contributed by atoms with Crippen molar-refractivity contribution in [2.24, 2.45) is 0 Å². The normalized spacial score (nSPS) is 20.7. The summed E-state index contributed by atoms with van der Waals surface area (Å²) in [5.74, 6) is -0.275. The maximum absolute atomic E-state index is 11.2. The average Bonchev–Trinajstić information content (AvgIpc) is 2.61. The standard InChI is InChI=1S/C10H19N3O3/c1-13-6-2-3-8(13)4-5-11-9(14)7-12-10(15)16/h8,12H,2-7H2,1H3,(H,11,14)(H,15,16). The average molecular weight is 229 g/mol. The van der Waals surface area contributed by atoms with Crippen molar-refractivity contribution in [1.29, 1.82) is 0 Å². The van der Waals surface area contributed by atoms with E-state index in [1.807, 2.05) is 5.32 Å². The molecule has 0 aromatic carbocycles. The first kappa shape index (κ1) is 12.8. The predicted octanol–water partition coefficient (Wildman–Crippen LogP) is -0.145. The smallest absolute Gasteiger partial charge is 0.405 e. The number of hydrogen-bond acceptors (Lipinski definition) is 3. The summed E-state index contributed by atoms with van der Waals surface area (Å²) >= 11 is 0. The molecular weight excluding hydrogens is 210 g/mol. The molecule has 1 atom stereocenters. The lowest BCUT2D eigenvalue weighted by Crippen LogP contribution is -2.38. The number of amides is 2. The maximum atomic E-state index is 11.2. The molecule has 0 aromatic heterocycles. The number of nitrogens with zero attached hydrogens (tertiary/aromatic N) is 1. The first-order chi connectivity index (χ1) is 7.59. The molecule has 6 nitrogen and oxygen atoms in total. The van der Waals surface area contributed by atoms with Crippen LogP contribution in [0.25, 0.3) is 0 Å². The molecule has 0 aromatic rings. The SMILES string of the molecule is CN1CCCC1CCNC(=O)CNC(=O)O. The molecule has 1 aliphatic heterocycles. The summed E-state index contributed by atoms with van der Waals surface area (Å²) in [7, 11) is 2.09. The minimum Gasteiger partial charge on any atom is -0.465 e.